The van der Waals surface area contributed by atoms with Crippen LogP contribution in [0.5, 0.6) is 0 Å². The fourth-order valence-electron chi connectivity index (χ4n) is 2.78. The van der Waals surface area contributed by atoms with E-state index in [-0.39, 0.29) is 17.4 Å². The smallest absolute Gasteiger partial charge is 0.309 e. The Balaban J connectivity index is 1.75. The van der Waals surface area contributed by atoms with Crippen molar-refractivity contribution in [2.75, 3.05) is 24.6 Å². The molecule has 1 aromatic heterocycles. The van der Waals surface area contributed by atoms with Gasteiger partial charge in [0.15, 0.2) is 0 Å². The van der Waals surface area contributed by atoms with Gasteiger partial charge in [0.25, 0.3) is 5.95 Å². The number of hydrogen-bond donors (Lipinski definition) is 1. The highest BCUT2D eigenvalue weighted by Crippen LogP contribution is 2.35. The predicted molar refractivity (Wildman–Crippen MR) is 69.6 cm³/mol. The van der Waals surface area contributed by atoms with Gasteiger partial charge in [-0.15, -0.1) is 0 Å². The molecule has 7 heteroatoms. The van der Waals surface area contributed by atoms with Crippen LogP contribution in [0.4, 0.5) is 5.95 Å². The summed E-state index contributed by atoms with van der Waals surface area (Å²) in [4.78, 5) is 17.5. The van der Waals surface area contributed by atoms with E-state index in [0.29, 0.717) is 31.5 Å². The molecule has 0 bridgehead atoms. The van der Waals surface area contributed by atoms with E-state index in [9.17, 15) is 9.90 Å². The molecule has 0 spiro atoms. The monoisotopic (exact) mass is 281 g/mol. The first-order valence-electron chi connectivity index (χ1n) is 6.80. The van der Waals surface area contributed by atoms with E-state index in [2.05, 4.69) is 10.1 Å². The maximum Gasteiger partial charge on any atom is 0.309 e. The predicted octanol–water partition coefficient (Wildman–Crippen LogP) is 0.903. The Morgan fingerprint density at radius 1 is 1.40 bits per heavy atom. The fraction of sp³-hybridized carbons (Fsp3) is 0.769. The molecule has 1 aromatic rings. The van der Waals surface area contributed by atoms with Crippen molar-refractivity contribution in [3.63, 3.8) is 0 Å². The number of fused-ring (bicyclic) bond motifs is 1. The molecule has 3 heterocycles. The Morgan fingerprint density at radius 2 is 2.15 bits per heavy atom. The minimum Gasteiger partial charge on any atom is -0.481 e. The Labute approximate surface area is 116 Å². The second kappa shape index (κ2) is 4.44. The highest BCUT2D eigenvalue weighted by Gasteiger charge is 2.48. The molecule has 0 unspecified atom stereocenters. The van der Waals surface area contributed by atoms with E-state index >= 15 is 0 Å². The molecular formula is C13H19N3O4. The topological polar surface area (TPSA) is 88.7 Å². The lowest BCUT2D eigenvalue weighted by Gasteiger charge is -2.15. The van der Waals surface area contributed by atoms with E-state index in [1.165, 1.54) is 0 Å². The van der Waals surface area contributed by atoms with Crippen molar-refractivity contribution in [1.82, 2.24) is 10.1 Å². The molecule has 2 fully saturated rings. The lowest BCUT2D eigenvalue weighted by Crippen LogP contribution is -2.28. The first kappa shape index (κ1) is 13.4. The number of ether oxygens (including phenoxy) is 1. The number of carboxylic acids is 1. The van der Waals surface area contributed by atoms with Crippen LogP contribution in [0.1, 0.15) is 26.7 Å². The van der Waals surface area contributed by atoms with Gasteiger partial charge in [-0.3, -0.25) is 4.79 Å². The average molecular weight is 281 g/mol. The molecule has 2 saturated heterocycles. The first-order valence-corrected chi connectivity index (χ1v) is 6.80. The van der Waals surface area contributed by atoms with Crippen molar-refractivity contribution in [2.24, 2.45) is 11.8 Å². The normalized spacial score (nSPS) is 29.8. The maximum atomic E-state index is 11.2. The van der Waals surface area contributed by atoms with Gasteiger partial charge in [-0.25, -0.2) is 0 Å². The van der Waals surface area contributed by atoms with Crippen LogP contribution >= 0.6 is 0 Å². The number of hydrogen-bond acceptors (Lipinski definition) is 6. The zero-order valence-corrected chi connectivity index (χ0v) is 11.9. The number of anilines is 1. The van der Waals surface area contributed by atoms with Crippen LogP contribution < -0.4 is 4.90 Å². The van der Waals surface area contributed by atoms with Gasteiger partial charge in [0.1, 0.15) is 0 Å². The third-order valence-electron chi connectivity index (χ3n) is 3.97. The van der Waals surface area contributed by atoms with Gasteiger partial charge >= 0.3 is 5.97 Å². The number of carbonyl (C=O) groups is 1. The summed E-state index contributed by atoms with van der Waals surface area (Å²) < 4.78 is 10.8. The molecule has 0 radical (unpaired) electrons. The fourth-order valence-corrected chi connectivity index (χ4v) is 2.78. The van der Waals surface area contributed by atoms with Gasteiger partial charge in [-0.2, -0.15) is 4.98 Å². The molecule has 1 N–H and O–H groups in total. The lowest BCUT2D eigenvalue weighted by molar-refractivity contribution is -0.142. The van der Waals surface area contributed by atoms with Crippen LogP contribution in [0, 0.1) is 11.8 Å². The van der Waals surface area contributed by atoms with Crippen molar-refractivity contribution in [3.8, 4) is 0 Å². The van der Waals surface area contributed by atoms with Crippen LogP contribution in [0.2, 0.25) is 0 Å². The van der Waals surface area contributed by atoms with Gasteiger partial charge in [-0.05, 0) is 5.16 Å². The number of aromatic nitrogens is 2. The van der Waals surface area contributed by atoms with E-state index < -0.39 is 11.9 Å². The Morgan fingerprint density at radius 3 is 2.75 bits per heavy atom. The number of aliphatic carboxylic acids is 1. The van der Waals surface area contributed by atoms with Gasteiger partial charge in [0, 0.05) is 24.4 Å². The number of nitrogens with zero attached hydrogens (tertiary/aromatic N) is 3. The van der Waals surface area contributed by atoms with Gasteiger partial charge in [0.05, 0.1) is 18.6 Å². The summed E-state index contributed by atoms with van der Waals surface area (Å²) in [7, 11) is 0. The number of carboxylic acid groups (broad SMARTS) is 1. The summed E-state index contributed by atoms with van der Waals surface area (Å²) >= 11 is 0. The highest BCUT2D eigenvalue weighted by atomic mass is 16.5. The van der Waals surface area contributed by atoms with Crippen LogP contribution in [-0.4, -0.2) is 47.0 Å². The van der Waals surface area contributed by atoms with E-state index in [1.807, 2.05) is 25.7 Å². The summed E-state index contributed by atoms with van der Waals surface area (Å²) in [5, 5.41) is 13.2. The third kappa shape index (κ3) is 2.15. The van der Waals surface area contributed by atoms with Crippen LogP contribution in [0.25, 0.3) is 0 Å². The molecule has 2 aliphatic heterocycles. The second-order valence-electron chi connectivity index (χ2n) is 6.53. The van der Waals surface area contributed by atoms with Crippen molar-refractivity contribution in [2.45, 2.75) is 32.3 Å². The molecule has 3 rings (SSSR count). The highest BCUT2D eigenvalue weighted by molar-refractivity contribution is 5.71. The lowest BCUT2D eigenvalue weighted by atomic mass is 9.93. The van der Waals surface area contributed by atoms with E-state index in [1.54, 1.807) is 0 Å². The van der Waals surface area contributed by atoms with Crippen molar-refractivity contribution in [3.05, 3.63) is 5.89 Å². The van der Waals surface area contributed by atoms with Crippen LogP contribution in [-0.2, 0) is 14.9 Å². The van der Waals surface area contributed by atoms with E-state index in [0.717, 1.165) is 0 Å². The zero-order valence-electron chi connectivity index (χ0n) is 11.9. The van der Waals surface area contributed by atoms with Gasteiger partial charge in [-0.1, -0.05) is 20.8 Å². The van der Waals surface area contributed by atoms with Crippen LogP contribution in [0.15, 0.2) is 4.52 Å². The Bertz CT molecular complexity index is 522. The molecule has 0 saturated carbocycles. The minimum absolute atomic E-state index is 0.00378. The number of rotatable bonds is 2. The molecule has 0 aliphatic carbocycles. The summed E-state index contributed by atoms with van der Waals surface area (Å²) in [5.74, 6) is -0.108. The molecule has 110 valence electrons. The minimum atomic E-state index is -0.789. The van der Waals surface area contributed by atoms with Crippen LogP contribution in [0.3, 0.4) is 0 Å². The molecule has 0 amide bonds. The molecular weight excluding hydrogens is 262 g/mol. The van der Waals surface area contributed by atoms with Crippen molar-refractivity contribution < 1.29 is 19.2 Å². The summed E-state index contributed by atoms with van der Waals surface area (Å²) in [6.07, 6.45) is -0.0484. The molecule has 2 aliphatic rings. The Kier molecular flexibility index (Phi) is 2.97. The summed E-state index contributed by atoms with van der Waals surface area (Å²) in [6.45, 7) is 7.55. The Hall–Kier alpha value is -1.63. The third-order valence-corrected chi connectivity index (χ3v) is 3.97. The van der Waals surface area contributed by atoms with Crippen molar-refractivity contribution in [1.29, 1.82) is 0 Å². The standard InChI is InChI=1S/C13H19N3O4/c1-13(2,3)11-14-12(15-20-11)16-4-7-8(10(17)18)6-19-9(7)5-16/h7-9H,4-6H2,1-3H3,(H,17,18)/t7-,8-,9-/m0/s1. The average Bonchev–Trinajstić information content (AvgIpc) is 3.01. The summed E-state index contributed by atoms with van der Waals surface area (Å²) in [5.41, 5.74) is -0.194. The van der Waals surface area contributed by atoms with E-state index in [4.69, 9.17) is 9.26 Å². The molecule has 20 heavy (non-hydrogen) atoms. The first-order chi connectivity index (χ1) is 9.36. The molecule has 0 aromatic carbocycles. The zero-order chi connectivity index (χ0) is 14.5. The molecule has 7 nitrogen and oxygen atoms in total. The largest absolute Gasteiger partial charge is 0.481 e. The van der Waals surface area contributed by atoms with Gasteiger partial charge < -0.3 is 19.3 Å². The van der Waals surface area contributed by atoms with Crippen molar-refractivity contribution >= 4 is 11.9 Å². The summed E-state index contributed by atoms with van der Waals surface area (Å²) in [6, 6.07) is 0. The molecule has 3 atom stereocenters. The SMILES string of the molecule is CC(C)(C)c1nc(N2C[C@@H]3[C@H](C2)OC[C@@H]3C(=O)O)no1. The second-order valence-corrected chi connectivity index (χ2v) is 6.53. The van der Waals surface area contributed by atoms with Gasteiger partial charge in [0.2, 0.25) is 5.89 Å². The maximum absolute atomic E-state index is 11.2. The quantitative estimate of drug-likeness (QED) is 0.861.